The second kappa shape index (κ2) is 5.44. The Morgan fingerprint density at radius 1 is 1.44 bits per heavy atom. The summed E-state index contributed by atoms with van der Waals surface area (Å²) in [6.07, 6.45) is 2.05. The second-order valence-corrected chi connectivity index (χ2v) is 3.94. The first-order chi connectivity index (χ1) is 8.76. The maximum Gasteiger partial charge on any atom is 0.334 e. The van der Waals surface area contributed by atoms with Crippen LogP contribution in [0.15, 0.2) is 35.6 Å². The van der Waals surface area contributed by atoms with Gasteiger partial charge >= 0.3 is 5.97 Å². The predicted molar refractivity (Wildman–Crippen MR) is 68.2 cm³/mol. The highest BCUT2D eigenvalue weighted by Gasteiger charge is 2.22. The Balaban J connectivity index is 2.21. The van der Waals surface area contributed by atoms with E-state index < -0.39 is 12.0 Å². The Morgan fingerprint density at radius 3 is 2.94 bits per heavy atom. The number of nitrogens with zero attached hydrogens (tertiary/aromatic N) is 1. The van der Waals surface area contributed by atoms with Crippen molar-refractivity contribution < 1.29 is 9.53 Å². The first-order valence-corrected chi connectivity index (χ1v) is 5.80. The average Bonchev–Trinajstić information content (AvgIpc) is 2.79. The van der Waals surface area contributed by atoms with Crippen LogP contribution in [-0.2, 0) is 16.0 Å². The number of benzene rings is 1. The molecule has 0 saturated carbocycles. The summed E-state index contributed by atoms with van der Waals surface area (Å²) in [5.74, 6) is -0.571. The molecule has 5 nitrogen and oxygen atoms in total. The SMILES string of the molecule is CCOC(=O)C(Cc1c[nH]c2ccccc12)N=O. The van der Waals surface area contributed by atoms with Gasteiger partial charge < -0.3 is 9.72 Å². The number of hydrogen-bond acceptors (Lipinski definition) is 4. The average molecular weight is 246 g/mol. The van der Waals surface area contributed by atoms with Crippen molar-refractivity contribution in [1.29, 1.82) is 0 Å². The van der Waals surface area contributed by atoms with E-state index in [1.807, 2.05) is 24.3 Å². The summed E-state index contributed by atoms with van der Waals surface area (Å²) >= 11 is 0. The molecule has 1 unspecified atom stereocenters. The van der Waals surface area contributed by atoms with Crippen LogP contribution >= 0.6 is 0 Å². The molecule has 18 heavy (non-hydrogen) atoms. The largest absolute Gasteiger partial charge is 0.464 e. The highest BCUT2D eigenvalue weighted by Crippen LogP contribution is 2.20. The molecular formula is C13H14N2O3. The van der Waals surface area contributed by atoms with E-state index in [1.54, 1.807) is 13.1 Å². The number of carbonyl (C=O) groups excluding carboxylic acids is 1. The number of aromatic nitrogens is 1. The van der Waals surface area contributed by atoms with Crippen LogP contribution in [0.4, 0.5) is 0 Å². The standard InChI is InChI=1S/C13H14N2O3/c1-2-18-13(16)12(15-17)7-9-8-14-11-6-4-3-5-10(9)11/h3-6,8,12,14H,2,7H2,1H3. The first kappa shape index (κ1) is 12.3. The van der Waals surface area contributed by atoms with E-state index in [4.69, 9.17) is 4.74 Å². The molecule has 0 bridgehead atoms. The van der Waals surface area contributed by atoms with E-state index in [1.165, 1.54) is 0 Å². The van der Waals surface area contributed by atoms with Crippen LogP contribution in [0.3, 0.4) is 0 Å². The number of para-hydroxylation sites is 1. The summed E-state index contributed by atoms with van der Waals surface area (Å²) in [7, 11) is 0. The van der Waals surface area contributed by atoms with Crippen LogP contribution in [0.2, 0.25) is 0 Å². The van der Waals surface area contributed by atoms with Gasteiger partial charge in [0, 0.05) is 23.5 Å². The molecule has 2 aromatic rings. The lowest BCUT2D eigenvalue weighted by atomic mass is 10.1. The molecule has 2 rings (SSSR count). The zero-order valence-electron chi connectivity index (χ0n) is 10.1. The Kier molecular flexibility index (Phi) is 3.72. The van der Waals surface area contributed by atoms with Crippen molar-refractivity contribution in [2.24, 2.45) is 5.18 Å². The Morgan fingerprint density at radius 2 is 2.22 bits per heavy atom. The summed E-state index contributed by atoms with van der Waals surface area (Å²) in [4.78, 5) is 25.3. The van der Waals surface area contributed by atoms with E-state index in [0.29, 0.717) is 0 Å². The third-order valence-corrected chi connectivity index (χ3v) is 2.77. The number of esters is 1. The molecule has 0 amide bonds. The van der Waals surface area contributed by atoms with Crippen molar-refractivity contribution in [3.63, 3.8) is 0 Å². The van der Waals surface area contributed by atoms with Gasteiger partial charge in [-0.15, -0.1) is 4.91 Å². The van der Waals surface area contributed by atoms with Crippen molar-refractivity contribution in [1.82, 2.24) is 4.98 Å². The van der Waals surface area contributed by atoms with Crippen LogP contribution in [0.25, 0.3) is 10.9 Å². The van der Waals surface area contributed by atoms with Gasteiger partial charge in [0.25, 0.3) is 0 Å². The smallest absolute Gasteiger partial charge is 0.334 e. The molecule has 1 N–H and O–H groups in total. The Hall–Kier alpha value is -2.17. The van der Waals surface area contributed by atoms with Gasteiger partial charge in [0.15, 0.2) is 6.04 Å². The molecule has 0 aliphatic heterocycles. The monoisotopic (exact) mass is 246 g/mol. The number of H-pyrrole nitrogens is 1. The van der Waals surface area contributed by atoms with E-state index >= 15 is 0 Å². The molecule has 0 aliphatic carbocycles. The first-order valence-electron chi connectivity index (χ1n) is 5.80. The van der Waals surface area contributed by atoms with Crippen LogP contribution < -0.4 is 0 Å². The number of carbonyl (C=O) groups is 1. The summed E-state index contributed by atoms with van der Waals surface area (Å²) < 4.78 is 4.81. The predicted octanol–water partition coefficient (Wildman–Crippen LogP) is 2.41. The number of fused-ring (bicyclic) bond motifs is 1. The van der Waals surface area contributed by atoms with E-state index in [2.05, 4.69) is 10.2 Å². The maximum absolute atomic E-state index is 11.5. The van der Waals surface area contributed by atoms with Gasteiger partial charge in [0.2, 0.25) is 0 Å². The van der Waals surface area contributed by atoms with Crippen molar-refractivity contribution >= 4 is 16.9 Å². The molecule has 94 valence electrons. The van der Waals surface area contributed by atoms with Crippen molar-refractivity contribution in [2.45, 2.75) is 19.4 Å². The van der Waals surface area contributed by atoms with Crippen LogP contribution in [-0.4, -0.2) is 23.6 Å². The number of rotatable bonds is 5. The summed E-state index contributed by atoms with van der Waals surface area (Å²) in [6.45, 7) is 1.95. The van der Waals surface area contributed by atoms with Gasteiger partial charge in [-0.2, -0.15) is 0 Å². The summed E-state index contributed by atoms with van der Waals surface area (Å²) in [5.41, 5.74) is 1.87. The van der Waals surface area contributed by atoms with Gasteiger partial charge in [-0.3, -0.25) is 0 Å². The lowest BCUT2D eigenvalue weighted by Crippen LogP contribution is -2.23. The zero-order valence-corrected chi connectivity index (χ0v) is 10.1. The molecule has 0 spiro atoms. The highest BCUT2D eigenvalue weighted by molar-refractivity contribution is 5.84. The molecule has 0 radical (unpaired) electrons. The van der Waals surface area contributed by atoms with Crippen LogP contribution in [0.5, 0.6) is 0 Å². The quantitative estimate of drug-likeness (QED) is 0.650. The molecule has 1 aromatic carbocycles. The van der Waals surface area contributed by atoms with Gasteiger partial charge in [-0.25, -0.2) is 4.79 Å². The molecule has 5 heteroatoms. The molecule has 0 fully saturated rings. The molecule has 0 aliphatic rings. The minimum atomic E-state index is -0.982. The fourth-order valence-electron chi connectivity index (χ4n) is 1.91. The van der Waals surface area contributed by atoms with Gasteiger partial charge in [0.05, 0.1) is 6.61 Å². The molecule has 1 aromatic heterocycles. The van der Waals surface area contributed by atoms with Gasteiger partial charge in [-0.05, 0) is 18.6 Å². The van der Waals surface area contributed by atoms with Crippen molar-refractivity contribution in [3.8, 4) is 0 Å². The Bertz CT molecular complexity index is 562. The normalized spacial score (nSPS) is 12.3. The van der Waals surface area contributed by atoms with Gasteiger partial charge in [0.1, 0.15) is 0 Å². The summed E-state index contributed by atoms with van der Waals surface area (Å²) in [5, 5.41) is 3.85. The number of nitroso groups, excluding NO2 is 1. The number of ether oxygens (including phenoxy) is 1. The van der Waals surface area contributed by atoms with Crippen LogP contribution in [0, 0.1) is 4.91 Å². The third-order valence-electron chi connectivity index (χ3n) is 2.77. The van der Waals surface area contributed by atoms with Crippen molar-refractivity contribution in [2.75, 3.05) is 6.61 Å². The lowest BCUT2D eigenvalue weighted by Gasteiger charge is -2.07. The number of hydrogen-bond donors (Lipinski definition) is 1. The molecular weight excluding hydrogens is 232 g/mol. The number of nitrogens with one attached hydrogen (secondary N) is 1. The van der Waals surface area contributed by atoms with E-state index in [-0.39, 0.29) is 13.0 Å². The minimum Gasteiger partial charge on any atom is -0.464 e. The summed E-state index contributed by atoms with van der Waals surface area (Å²) in [6, 6.07) is 6.72. The van der Waals surface area contributed by atoms with Crippen molar-refractivity contribution in [3.05, 3.63) is 40.9 Å². The van der Waals surface area contributed by atoms with E-state index in [0.717, 1.165) is 16.5 Å². The molecule has 1 heterocycles. The molecule has 1 atom stereocenters. The van der Waals surface area contributed by atoms with Gasteiger partial charge in [-0.1, -0.05) is 23.4 Å². The third kappa shape index (κ3) is 2.40. The zero-order chi connectivity index (χ0) is 13.0. The lowest BCUT2D eigenvalue weighted by molar-refractivity contribution is -0.144. The fourth-order valence-corrected chi connectivity index (χ4v) is 1.91. The molecule has 0 saturated heterocycles. The van der Waals surface area contributed by atoms with Crippen LogP contribution in [0.1, 0.15) is 12.5 Å². The fraction of sp³-hybridized carbons (Fsp3) is 0.308. The Labute approximate surface area is 104 Å². The minimum absolute atomic E-state index is 0.249. The topological polar surface area (TPSA) is 71.5 Å². The van der Waals surface area contributed by atoms with E-state index in [9.17, 15) is 9.70 Å². The maximum atomic E-state index is 11.5. The highest BCUT2D eigenvalue weighted by atomic mass is 16.5. The second-order valence-electron chi connectivity index (χ2n) is 3.94. The number of aromatic amines is 1.